The SMILES string of the molecule is CO[C@@H]1C[C@H](C(=O)N(c2ccc(S(F)(F)(F)(F)F)cc2)C(C(=O)Nc2cccnc2)c2cccnc2)N(C#N)C1. The zero-order chi connectivity index (χ0) is 29.2. The predicted octanol–water partition coefficient (Wildman–Crippen LogP) is 5.42. The summed E-state index contributed by atoms with van der Waals surface area (Å²) in [4.78, 5) is 35.5. The first kappa shape index (κ1) is 28.7. The molecule has 3 atom stereocenters. The van der Waals surface area contributed by atoms with Crippen LogP contribution in [0.25, 0.3) is 0 Å². The van der Waals surface area contributed by atoms with E-state index in [4.69, 9.17) is 4.74 Å². The Balaban J connectivity index is 1.86. The summed E-state index contributed by atoms with van der Waals surface area (Å²) in [7, 11) is -8.63. The lowest BCUT2D eigenvalue weighted by Gasteiger charge is -2.41. The number of methoxy groups -OCH3 is 1. The fourth-order valence-corrected chi connectivity index (χ4v) is 4.99. The van der Waals surface area contributed by atoms with Gasteiger partial charge < -0.3 is 10.1 Å². The zero-order valence-corrected chi connectivity index (χ0v) is 21.6. The van der Waals surface area contributed by atoms with Crippen LogP contribution in [0.15, 0.2) is 78.2 Å². The third-order valence-corrected chi connectivity index (χ3v) is 7.41. The lowest BCUT2D eigenvalue weighted by atomic mass is 10.0. The molecule has 3 aromatic rings. The first-order valence-electron chi connectivity index (χ1n) is 11.7. The van der Waals surface area contributed by atoms with Gasteiger partial charge in [0.2, 0.25) is 0 Å². The number of carbonyl (C=O) groups is 2. The van der Waals surface area contributed by atoms with Crippen LogP contribution in [0.1, 0.15) is 18.0 Å². The van der Waals surface area contributed by atoms with Gasteiger partial charge in [-0.3, -0.25) is 29.4 Å². The number of amides is 2. The Bertz CT molecular complexity index is 1420. The molecule has 2 aromatic heterocycles. The third kappa shape index (κ3) is 6.29. The minimum Gasteiger partial charge on any atom is -0.379 e. The Labute approximate surface area is 225 Å². The van der Waals surface area contributed by atoms with Crippen molar-refractivity contribution in [1.82, 2.24) is 14.9 Å². The van der Waals surface area contributed by atoms with E-state index in [-0.39, 0.29) is 42.0 Å². The fourth-order valence-electron chi connectivity index (χ4n) is 4.34. The molecule has 1 unspecified atom stereocenters. The molecular weight excluding hydrogens is 559 g/mol. The average Bonchev–Trinajstić information content (AvgIpc) is 3.35. The second kappa shape index (κ2) is 10.0. The lowest BCUT2D eigenvalue weighted by Crippen LogP contribution is -2.49. The highest BCUT2D eigenvalue weighted by Gasteiger charge is 2.65. The van der Waals surface area contributed by atoms with Gasteiger partial charge >= 0.3 is 10.2 Å². The van der Waals surface area contributed by atoms with Crippen molar-refractivity contribution in [2.45, 2.75) is 29.5 Å². The molecule has 3 heterocycles. The van der Waals surface area contributed by atoms with Crippen LogP contribution in [-0.2, 0) is 14.3 Å². The Kier molecular flexibility index (Phi) is 7.20. The summed E-state index contributed by atoms with van der Waals surface area (Å²) in [5.41, 5.74) is 0.132. The largest absolute Gasteiger partial charge is 0.379 e. The number of nitrogens with one attached hydrogen (secondary N) is 1. The molecule has 4 rings (SSSR count). The van der Waals surface area contributed by atoms with Gasteiger partial charge in [-0.1, -0.05) is 25.5 Å². The van der Waals surface area contributed by atoms with E-state index in [1.54, 1.807) is 6.07 Å². The highest BCUT2D eigenvalue weighted by atomic mass is 32.5. The van der Waals surface area contributed by atoms with Crippen LogP contribution in [-0.4, -0.2) is 52.5 Å². The highest BCUT2D eigenvalue weighted by molar-refractivity contribution is 8.45. The Hall–Kier alpha value is -4.29. The van der Waals surface area contributed by atoms with Crippen LogP contribution in [0.4, 0.5) is 30.8 Å². The van der Waals surface area contributed by atoms with E-state index < -0.39 is 45.1 Å². The van der Waals surface area contributed by atoms with Crippen LogP contribution >= 0.6 is 10.2 Å². The number of hydrogen-bond acceptors (Lipinski definition) is 7. The normalized spacial score (nSPS) is 19.6. The molecule has 1 aromatic carbocycles. The molecule has 212 valence electrons. The molecular formula is C25H23F5N6O3S. The van der Waals surface area contributed by atoms with Gasteiger partial charge in [0, 0.05) is 43.4 Å². The summed E-state index contributed by atoms with van der Waals surface area (Å²) in [5.74, 6) is -1.63. The van der Waals surface area contributed by atoms with Crippen molar-refractivity contribution >= 4 is 33.4 Å². The second-order valence-electron chi connectivity index (χ2n) is 8.95. The topological polar surface area (TPSA) is 111 Å². The molecule has 0 spiro atoms. The predicted molar refractivity (Wildman–Crippen MR) is 137 cm³/mol. The lowest BCUT2D eigenvalue weighted by molar-refractivity contribution is -0.126. The van der Waals surface area contributed by atoms with Gasteiger partial charge in [-0.2, -0.15) is 5.26 Å². The molecule has 40 heavy (non-hydrogen) atoms. The molecule has 1 saturated heterocycles. The molecule has 0 aliphatic carbocycles. The van der Waals surface area contributed by atoms with Crippen LogP contribution in [0.5, 0.6) is 0 Å². The van der Waals surface area contributed by atoms with E-state index in [1.807, 2.05) is 6.19 Å². The maximum atomic E-state index is 14.1. The van der Waals surface area contributed by atoms with Crippen molar-refractivity contribution in [3.05, 3.63) is 78.9 Å². The van der Waals surface area contributed by atoms with Gasteiger partial charge in [0.15, 0.2) is 6.19 Å². The molecule has 1 aliphatic heterocycles. The van der Waals surface area contributed by atoms with Gasteiger partial charge in [-0.15, -0.1) is 0 Å². The van der Waals surface area contributed by atoms with Gasteiger partial charge in [0.1, 0.15) is 17.0 Å². The first-order valence-corrected chi connectivity index (χ1v) is 13.6. The summed E-state index contributed by atoms with van der Waals surface area (Å²) >= 11 is 0. The smallest absolute Gasteiger partial charge is 0.310 e. The van der Waals surface area contributed by atoms with Gasteiger partial charge in [-0.05, 0) is 42.5 Å². The quantitative estimate of drug-likeness (QED) is 0.279. The number of rotatable bonds is 8. The minimum absolute atomic E-state index is 0.0346. The van der Waals surface area contributed by atoms with Gasteiger partial charge in [0.05, 0.1) is 24.5 Å². The molecule has 0 radical (unpaired) electrons. The van der Waals surface area contributed by atoms with Crippen molar-refractivity contribution in [2.24, 2.45) is 0 Å². The maximum absolute atomic E-state index is 14.1. The third-order valence-electron chi connectivity index (χ3n) is 6.24. The van der Waals surface area contributed by atoms with E-state index in [0.717, 1.165) is 9.80 Å². The molecule has 1 N–H and O–H groups in total. The summed E-state index contributed by atoms with van der Waals surface area (Å²) in [6, 6.07) is 5.02. The fraction of sp³-hybridized carbons (Fsp3) is 0.240. The Morgan fingerprint density at radius 2 is 1.73 bits per heavy atom. The second-order valence-corrected chi connectivity index (χ2v) is 11.4. The van der Waals surface area contributed by atoms with Crippen molar-refractivity contribution in [1.29, 1.82) is 5.26 Å². The van der Waals surface area contributed by atoms with Crippen molar-refractivity contribution in [3.8, 4) is 6.19 Å². The molecule has 1 fully saturated rings. The molecule has 1 aliphatic rings. The number of halogens is 5. The summed E-state index contributed by atoms with van der Waals surface area (Å²) in [6.07, 6.45) is 6.90. The Morgan fingerprint density at radius 1 is 1.07 bits per heavy atom. The molecule has 0 bridgehead atoms. The number of carbonyl (C=O) groups excluding carboxylic acids is 2. The van der Waals surface area contributed by atoms with Gasteiger partial charge in [0.25, 0.3) is 11.8 Å². The number of nitriles is 1. The first-order chi connectivity index (χ1) is 18.7. The number of aromatic nitrogens is 2. The summed E-state index contributed by atoms with van der Waals surface area (Å²) in [5, 5.41) is 12.3. The Morgan fingerprint density at radius 3 is 2.25 bits per heavy atom. The number of benzene rings is 1. The number of pyridine rings is 2. The highest BCUT2D eigenvalue weighted by Crippen LogP contribution is 3.02. The van der Waals surface area contributed by atoms with E-state index in [2.05, 4.69) is 15.3 Å². The van der Waals surface area contributed by atoms with Crippen molar-refractivity contribution in [2.75, 3.05) is 23.9 Å². The summed E-state index contributed by atoms with van der Waals surface area (Å²) in [6.45, 7) is 0.0554. The number of anilines is 2. The molecule has 15 heteroatoms. The molecule has 2 amide bonds. The minimum atomic E-state index is -10.0. The van der Waals surface area contributed by atoms with Crippen LogP contribution in [0, 0.1) is 11.5 Å². The monoisotopic (exact) mass is 582 g/mol. The van der Waals surface area contributed by atoms with E-state index in [0.29, 0.717) is 12.1 Å². The average molecular weight is 583 g/mol. The molecule has 0 saturated carbocycles. The van der Waals surface area contributed by atoms with Crippen molar-refractivity contribution in [3.63, 3.8) is 0 Å². The van der Waals surface area contributed by atoms with Gasteiger partial charge in [-0.25, -0.2) is 0 Å². The number of likely N-dealkylation sites (tertiary alicyclic amines) is 1. The number of nitrogens with zero attached hydrogens (tertiary/aromatic N) is 5. The van der Waals surface area contributed by atoms with E-state index in [1.165, 1.54) is 50.1 Å². The van der Waals surface area contributed by atoms with Crippen LogP contribution < -0.4 is 10.2 Å². The summed E-state index contributed by atoms with van der Waals surface area (Å²) < 4.78 is 72.5. The van der Waals surface area contributed by atoms with E-state index >= 15 is 0 Å². The van der Waals surface area contributed by atoms with E-state index in [9.17, 15) is 34.3 Å². The zero-order valence-electron chi connectivity index (χ0n) is 20.8. The van der Waals surface area contributed by atoms with Crippen LogP contribution in [0.3, 0.4) is 0 Å². The van der Waals surface area contributed by atoms with Crippen LogP contribution in [0.2, 0.25) is 0 Å². The van der Waals surface area contributed by atoms with Crippen molar-refractivity contribution < 1.29 is 33.8 Å². The number of hydrogen-bond donors (Lipinski definition) is 1. The standard InChI is InChI=1S/C25H23F5N6O3S/c1-39-20-12-22(35(15-20)16-31)25(38)36(19-6-8-21(9-7-19)40(26,27,28,29)30)23(17-4-2-10-32-13-17)24(37)34-18-5-3-11-33-14-18/h2-11,13-14,20,22-23H,12,15H2,1H3,(H,34,37)/t20-,22-,23?/m1/s1. The number of ether oxygens (including phenoxy) is 1. The molecule has 9 nitrogen and oxygen atoms in total. The maximum Gasteiger partial charge on any atom is 0.310 e.